The van der Waals surface area contributed by atoms with Gasteiger partial charge in [-0.1, -0.05) is 36.4 Å². The minimum atomic E-state index is -0.944. The van der Waals surface area contributed by atoms with Gasteiger partial charge in [-0.3, -0.25) is 9.59 Å². The molecule has 0 aliphatic carbocycles. The highest BCUT2D eigenvalue weighted by Crippen LogP contribution is 2.25. The second-order valence-electron chi connectivity index (χ2n) is 5.72. The molecule has 0 aromatic heterocycles. The van der Waals surface area contributed by atoms with Gasteiger partial charge in [0.05, 0.1) is 5.92 Å². The molecule has 0 bridgehead atoms. The number of amides is 1. The highest BCUT2D eigenvalue weighted by molar-refractivity contribution is 5.99. The maximum atomic E-state index is 13.1. The molecule has 3 rings (SSSR count). The smallest absolute Gasteiger partial charge is 0.308 e. The summed E-state index contributed by atoms with van der Waals surface area (Å²) in [6, 6.07) is 13.5. The minimum absolute atomic E-state index is 0.0383. The van der Waals surface area contributed by atoms with E-state index < -0.39 is 11.9 Å². The fraction of sp³-hybridized carbons (Fsp3) is 0.158. The van der Waals surface area contributed by atoms with Gasteiger partial charge < -0.3 is 10.0 Å². The molecule has 2 aromatic carbocycles. The number of halogens is 1. The molecule has 0 saturated carbocycles. The van der Waals surface area contributed by atoms with E-state index in [0.717, 1.165) is 11.1 Å². The summed E-state index contributed by atoms with van der Waals surface area (Å²) in [5.74, 6) is -2.05. The average Bonchev–Trinajstić information content (AvgIpc) is 2.96. The second kappa shape index (κ2) is 6.66. The molecule has 1 N–H and O–H groups in total. The molecule has 1 aliphatic rings. The van der Waals surface area contributed by atoms with Gasteiger partial charge in [-0.15, -0.1) is 0 Å². The number of aliphatic carboxylic acids is 1. The van der Waals surface area contributed by atoms with Gasteiger partial charge in [0.1, 0.15) is 5.82 Å². The number of carboxylic acids is 1. The molecular formula is C19H16FNO3. The van der Waals surface area contributed by atoms with Crippen LogP contribution >= 0.6 is 0 Å². The van der Waals surface area contributed by atoms with Crippen LogP contribution in [-0.4, -0.2) is 23.5 Å². The lowest BCUT2D eigenvalue weighted by atomic mass is 10.1. The van der Waals surface area contributed by atoms with Crippen molar-refractivity contribution in [2.45, 2.75) is 6.42 Å². The summed E-state index contributed by atoms with van der Waals surface area (Å²) in [6.45, 7) is 0.201. The van der Waals surface area contributed by atoms with Gasteiger partial charge in [-0.2, -0.15) is 0 Å². The maximum absolute atomic E-state index is 13.1. The molecule has 5 heteroatoms. The Labute approximate surface area is 138 Å². The van der Waals surface area contributed by atoms with Crippen LogP contribution in [0.1, 0.15) is 17.5 Å². The number of carbonyl (C=O) groups excluding carboxylic acids is 1. The third-order valence-electron chi connectivity index (χ3n) is 4.00. The summed E-state index contributed by atoms with van der Waals surface area (Å²) >= 11 is 0. The molecule has 1 amide bonds. The van der Waals surface area contributed by atoms with Crippen LogP contribution in [0.5, 0.6) is 0 Å². The molecule has 0 radical (unpaired) electrons. The SMILES string of the molecule is O=C(O)[C@H]1CC(=O)N(c2ccc(/C=C/c3cccc(F)c3)cc2)C1. The molecule has 24 heavy (non-hydrogen) atoms. The van der Waals surface area contributed by atoms with E-state index in [1.807, 2.05) is 24.3 Å². The van der Waals surface area contributed by atoms with Crippen molar-refractivity contribution in [2.24, 2.45) is 5.92 Å². The normalized spacial score (nSPS) is 17.6. The molecule has 1 fully saturated rings. The van der Waals surface area contributed by atoms with Crippen LogP contribution in [0.4, 0.5) is 10.1 Å². The van der Waals surface area contributed by atoms with Crippen LogP contribution < -0.4 is 4.90 Å². The molecule has 1 aliphatic heterocycles. The Morgan fingerprint density at radius 3 is 2.46 bits per heavy atom. The van der Waals surface area contributed by atoms with Gasteiger partial charge in [-0.25, -0.2) is 4.39 Å². The van der Waals surface area contributed by atoms with Crippen molar-refractivity contribution in [3.8, 4) is 0 Å². The second-order valence-corrected chi connectivity index (χ2v) is 5.72. The van der Waals surface area contributed by atoms with Gasteiger partial charge in [0.15, 0.2) is 0 Å². The Morgan fingerprint density at radius 1 is 1.12 bits per heavy atom. The molecule has 1 atom stereocenters. The lowest BCUT2D eigenvalue weighted by Crippen LogP contribution is -2.25. The Hall–Kier alpha value is -2.95. The quantitative estimate of drug-likeness (QED) is 0.876. The van der Waals surface area contributed by atoms with E-state index in [9.17, 15) is 14.0 Å². The first kappa shape index (κ1) is 15.9. The summed E-state index contributed by atoms with van der Waals surface area (Å²) < 4.78 is 13.1. The van der Waals surface area contributed by atoms with Gasteiger partial charge >= 0.3 is 5.97 Å². The van der Waals surface area contributed by atoms with Crippen LogP contribution in [0.25, 0.3) is 12.2 Å². The van der Waals surface area contributed by atoms with Crippen molar-refractivity contribution < 1.29 is 19.1 Å². The number of hydrogen-bond acceptors (Lipinski definition) is 2. The molecule has 0 spiro atoms. The number of hydrogen-bond donors (Lipinski definition) is 1. The fourth-order valence-electron chi connectivity index (χ4n) is 2.69. The summed E-state index contributed by atoms with van der Waals surface area (Å²) in [5.41, 5.74) is 2.36. The van der Waals surface area contributed by atoms with Crippen molar-refractivity contribution in [2.75, 3.05) is 11.4 Å². The van der Waals surface area contributed by atoms with E-state index in [1.54, 1.807) is 24.3 Å². The fourth-order valence-corrected chi connectivity index (χ4v) is 2.69. The largest absolute Gasteiger partial charge is 0.481 e. The number of anilines is 1. The number of benzene rings is 2. The van der Waals surface area contributed by atoms with Crippen LogP contribution in [-0.2, 0) is 9.59 Å². The third-order valence-corrected chi connectivity index (χ3v) is 4.00. The van der Waals surface area contributed by atoms with Gasteiger partial charge in [0.25, 0.3) is 0 Å². The monoisotopic (exact) mass is 325 g/mol. The van der Waals surface area contributed by atoms with Crippen molar-refractivity contribution in [1.82, 2.24) is 0 Å². The highest BCUT2D eigenvalue weighted by atomic mass is 19.1. The van der Waals surface area contributed by atoms with Crippen LogP contribution in [0.2, 0.25) is 0 Å². The average molecular weight is 325 g/mol. The van der Waals surface area contributed by atoms with Crippen molar-refractivity contribution in [1.29, 1.82) is 0 Å². The zero-order valence-electron chi connectivity index (χ0n) is 12.9. The summed E-state index contributed by atoms with van der Waals surface area (Å²) in [5, 5.41) is 9.02. The molecule has 1 heterocycles. The van der Waals surface area contributed by atoms with E-state index in [4.69, 9.17) is 5.11 Å². The maximum Gasteiger partial charge on any atom is 0.308 e. The summed E-state index contributed by atoms with van der Waals surface area (Å²) in [6.07, 6.45) is 3.69. The molecule has 4 nitrogen and oxygen atoms in total. The number of carboxylic acid groups (broad SMARTS) is 1. The highest BCUT2D eigenvalue weighted by Gasteiger charge is 2.34. The van der Waals surface area contributed by atoms with Gasteiger partial charge in [-0.05, 0) is 35.4 Å². The van der Waals surface area contributed by atoms with Crippen molar-refractivity contribution >= 4 is 29.7 Å². The molecule has 0 unspecified atom stereocenters. The predicted molar refractivity (Wildman–Crippen MR) is 89.9 cm³/mol. The number of rotatable bonds is 4. The Kier molecular flexibility index (Phi) is 4.42. The standard InChI is InChI=1S/C19H16FNO3/c20-16-3-1-2-14(10-16)5-4-13-6-8-17(9-7-13)21-12-15(19(23)24)11-18(21)22/h1-10,15H,11-12H2,(H,23,24)/b5-4+/t15-/m0/s1. The van der Waals surface area contributed by atoms with E-state index in [0.29, 0.717) is 5.69 Å². The molecule has 1 saturated heterocycles. The van der Waals surface area contributed by atoms with E-state index in [1.165, 1.54) is 17.0 Å². The predicted octanol–water partition coefficient (Wildman–Crippen LogP) is 3.43. The Morgan fingerprint density at radius 2 is 1.83 bits per heavy atom. The minimum Gasteiger partial charge on any atom is -0.481 e. The van der Waals surface area contributed by atoms with Crippen LogP contribution in [0.3, 0.4) is 0 Å². The van der Waals surface area contributed by atoms with E-state index in [2.05, 4.69) is 0 Å². The van der Waals surface area contributed by atoms with Gasteiger partial charge in [0.2, 0.25) is 5.91 Å². The Balaban J connectivity index is 1.72. The lowest BCUT2D eigenvalue weighted by Gasteiger charge is -2.16. The van der Waals surface area contributed by atoms with Crippen LogP contribution in [0.15, 0.2) is 48.5 Å². The molecular weight excluding hydrogens is 309 g/mol. The first-order chi connectivity index (χ1) is 11.5. The summed E-state index contributed by atoms with van der Waals surface area (Å²) in [7, 11) is 0. The Bertz CT molecular complexity index is 799. The number of nitrogens with zero attached hydrogens (tertiary/aromatic N) is 1. The molecule has 122 valence electrons. The third kappa shape index (κ3) is 3.51. The number of carbonyl (C=O) groups is 2. The van der Waals surface area contributed by atoms with Crippen molar-refractivity contribution in [3.63, 3.8) is 0 Å². The van der Waals surface area contributed by atoms with E-state index in [-0.39, 0.29) is 24.7 Å². The van der Waals surface area contributed by atoms with E-state index >= 15 is 0 Å². The zero-order chi connectivity index (χ0) is 17.1. The molecule has 2 aromatic rings. The topological polar surface area (TPSA) is 57.6 Å². The van der Waals surface area contributed by atoms with Crippen molar-refractivity contribution in [3.05, 3.63) is 65.5 Å². The first-order valence-corrected chi connectivity index (χ1v) is 7.60. The van der Waals surface area contributed by atoms with Gasteiger partial charge in [0, 0.05) is 18.7 Å². The zero-order valence-corrected chi connectivity index (χ0v) is 12.9. The lowest BCUT2D eigenvalue weighted by molar-refractivity contribution is -0.141. The van der Waals surface area contributed by atoms with Crippen LogP contribution in [0, 0.1) is 11.7 Å². The summed E-state index contributed by atoms with van der Waals surface area (Å²) in [4.78, 5) is 24.4. The first-order valence-electron chi connectivity index (χ1n) is 7.60.